The van der Waals surface area contributed by atoms with Gasteiger partial charge in [0.15, 0.2) is 0 Å². The molecule has 1 aliphatic heterocycles. The molecule has 19 heavy (non-hydrogen) atoms. The van der Waals surface area contributed by atoms with E-state index in [1.807, 2.05) is 0 Å². The van der Waals surface area contributed by atoms with Crippen molar-refractivity contribution >= 4 is 21.4 Å². The molecule has 6 heteroatoms. The Morgan fingerprint density at radius 1 is 1.42 bits per heavy atom. The second-order valence-electron chi connectivity index (χ2n) is 5.20. The van der Waals surface area contributed by atoms with Crippen molar-refractivity contribution in [1.29, 1.82) is 0 Å². The van der Waals surface area contributed by atoms with Gasteiger partial charge in [-0.15, -0.1) is 11.3 Å². The standard InChI is InChI=1S/C13H21NO3S2/c1-3-13(4-2)5-6-14(10-13)19(16,17)12-7-11(8-15)18-9-12/h7,9,15H,3-6,8,10H2,1-2H3. The molecule has 1 fully saturated rings. The molecule has 108 valence electrons. The topological polar surface area (TPSA) is 57.6 Å². The van der Waals surface area contributed by atoms with Gasteiger partial charge in [-0.25, -0.2) is 8.42 Å². The third-order valence-corrected chi connectivity index (χ3v) is 7.22. The third kappa shape index (κ3) is 2.72. The highest BCUT2D eigenvalue weighted by molar-refractivity contribution is 7.89. The first-order valence-electron chi connectivity index (χ1n) is 6.66. The number of nitrogens with zero attached hydrogens (tertiary/aromatic N) is 1. The average Bonchev–Trinajstić information content (AvgIpc) is 3.06. The van der Waals surface area contributed by atoms with Crippen molar-refractivity contribution in [2.24, 2.45) is 5.41 Å². The Bertz CT molecular complexity index is 532. The molecular weight excluding hydrogens is 282 g/mol. The second kappa shape index (κ2) is 5.52. The van der Waals surface area contributed by atoms with Gasteiger partial charge >= 0.3 is 0 Å². The molecule has 0 atom stereocenters. The van der Waals surface area contributed by atoms with E-state index in [1.165, 1.54) is 11.3 Å². The third-order valence-electron chi connectivity index (χ3n) is 4.33. The molecular formula is C13H21NO3S2. The molecule has 0 unspecified atom stereocenters. The molecule has 2 rings (SSSR count). The van der Waals surface area contributed by atoms with Crippen LogP contribution in [0.2, 0.25) is 0 Å². The normalized spacial score (nSPS) is 19.9. The summed E-state index contributed by atoms with van der Waals surface area (Å²) >= 11 is 1.29. The summed E-state index contributed by atoms with van der Waals surface area (Å²) in [6, 6.07) is 1.58. The molecule has 0 aliphatic carbocycles. The van der Waals surface area contributed by atoms with Gasteiger partial charge in [-0.05, 0) is 30.7 Å². The summed E-state index contributed by atoms with van der Waals surface area (Å²) in [5, 5.41) is 10.7. The van der Waals surface area contributed by atoms with Gasteiger partial charge in [-0.3, -0.25) is 0 Å². The summed E-state index contributed by atoms with van der Waals surface area (Å²) in [5.41, 5.74) is 0.142. The van der Waals surface area contributed by atoms with Crippen molar-refractivity contribution in [2.75, 3.05) is 13.1 Å². The maximum atomic E-state index is 12.5. The molecule has 0 radical (unpaired) electrons. The highest BCUT2D eigenvalue weighted by Gasteiger charge is 2.40. The van der Waals surface area contributed by atoms with Crippen LogP contribution in [0, 0.1) is 5.41 Å². The first-order valence-corrected chi connectivity index (χ1v) is 8.98. The Labute approximate surface area is 119 Å². The van der Waals surface area contributed by atoms with Crippen LogP contribution < -0.4 is 0 Å². The maximum Gasteiger partial charge on any atom is 0.243 e. The van der Waals surface area contributed by atoms with E-state index in [1.54, 1.807) is 15.8 Å². The Balaban J connectivity index is 2.22. The first-order chi connectivity index (χ1) is 8.97. The molecule has 1 aromatic heterocycles. The molecule has 1 aliphatic rings. The van der Waals surface area contributed by atoms with Gasteiger partial charge in [0.1, 0.15) is 0 Å². The lowest BCUT2D eigenvalue weighted by Gasteiger charge is -2.26. The predicted molar refractivity (Wildman–Crippen MR) is 76.6 cm³/mol. The van der Waals surface area contributed by atoms with Crippen LogP contribution in [0.15, 0.2) is 16.3 Å². The minimum Gasteiger partial charge on any atom is -0.391 e. The van der Waals surface area contributed by atoms with E-state index in [4.69, 9.17) is 5.11 Å². The zero-order valence-electron chi connectivity index (χ0n) is 11.4. The number of hydrogen-bond donors (Lipinski definition) is 1. The van der Waals surface area contributed by atoms with Gasteiger partial charge in [-0.2, -0.15) is 4.31 Å². The van der Waals surface area contributed by atoms with E-state index in [0.717, 1.165) is 19.3 Å². The molecule has 0 bridgehead atoms. The smallest absolute Gasteiger partial charge is 0.243 e. The summed E-state index contributed by atoms with van der Waals surface area (Å²) in [7, 11) is -3.39. The minimum absolute atomic E-state index is 0.103. The van der Waals surface area contributed by atoms with E-state index in [9.17, 15) is 8.42 Å². The van der Waals surface area contributed by atoms with Gasteiger partial charge < -0.3 is 5.11 Å². The summed E-state index contributed by atoms with van der Waals surface area (Å²) in [5.74, 6) is 0. The van der Waals surface area contributed by atoms with Crippen LogP contribution >= 0.6 is 11.3 Å². The van der Waals surface area contributed by atoms with Gasteiger partial charge in [0, 0.05) is 23.3 Å². The molecule has 0 saturated carbocycles. The van der Waals surface area contributed by atoms with Crippen LogP contribution in [-0.4, -0.2) is 30.9 Å². The summed E-state index contributed by atoms with van der Waals surface area (Å²) in [4.78, 5) is 1.01. The van der Waals surface area contributed by atoms with Gasteiger partial charge in [0.25, 0.3) is 0 Å². The fourth-order valence-electron chi connectivity index (χ4n) is 2.65. The molecule has 1 aromatic rings. The lowest BCUT2D eigenvalue weighted by atomic mass is 9.82. The van der Waals surface area contributed by atoms with Crippen molar-refractivity contribution in [2.45, 2.75) is 44.6 Å². The van der Waals surface area contributed by atoms with Crippen molar-refractivity contribution in [1.82, 2.24) is 4.31 Å². The average molecular weight is 303 g/mol. The lowest BCUT2D eigenvalue weighted by molar-refractivity contribution is 0.279. The summed E-state index contributed by atoms with van der Waals surface area (Å²) < 4.78 is 26.7. The highest BCUT2D eigenvalue weighted by atomic mass is 32.2. The van der Waals surface area contributed by atoms with Crippen molar-refractivity contribution in [3.8, 4) is 0 Å². The second-order valence-corrected chi connectivity index (χ2v) is 8.14. The Kier molecular flexibility index (Phi) is 4.35. The van der Waals surface area contributed by atoms with E-state index < -0.39 is 10.0 Å². The molecule has 0 amide bonds. The van der Waals surface area contributed by atoms with Crippen molar-refractivity contribution in [3.05, 3.63) is 16.3 Å². The fourth-order valence-corrected chi connectivity index (χ4v) is 5.33. The van der Waals surface area contributed by atoms with Crippen LogP contribution in [0.1, 0.15) is 38.0 Å². The predicted octanol–water partition coefficient (Wildman–Crippen LogP) is 2.44. The van der Waals surface area contributed by atoms with Crippen LogP contribution in [0.5, 0.6) is 0 Å². The zero-order chi connectivity index (χ0) is 14.1. The molecule has 1 N–H and O–H groups in total. The fraction of sp³-hybridized carbons (Fsp3) is 0.692. The van der Waals surface area contributed by atoms with Gasteiger partial charge in [0.2, 0.25) is 10.0 Å². The highest BCUT2D eigenvalue weighted by Crippen LogP contribution is 2.39. The molecule has 0 aromatic carbocycles. The summed E-state index contributed by atoms with van der Waals surface area (Å²) in [6.45, 7) is 5.39. The monoisotopic (exact) mass is 303 g/mol. The number of aliphatic hydroxyl groups excluding tert-OH is 1. The van der Waals surface area contributed by atoms with E-state index >= 15 is 0 Å². The minimum atomic E-state index is -3.39. The zero-order valence-corrected chi connectivity index (χ0v) is 13.1. The quantitative estimate of drug-likeness (QED) is 0.909. The van der Waals surface area contributed by atoms with E-state index in [0.29, 0.717) is 22.9 Å². The van der Waals surface area contributed by atoms with Crippen LogP contribution in [0.25, 0.3) is 0 Å². The van der Waals surface area contributed by atoms with Crippen molar-refractivity contribution < 1.29 is 13.5 Å². The maximum absolute atomic E-state index is 12.5. The molecule has 2 heterocycles. The Hall–Kier alpha value is -0.430. The number of hydrogen-bond acceptors (Lipinski definition) is 4. The van der Waals surface area contributed by atoms with E-state index in [-0.39, 0.29) is 12.0 Å². The SMILES string of the molecule is CCC1(CC)CCN(S(=O)(=O)c2csc(CO)c2)C1. The van der Waals surface area contributed by atoms with Gasteiger partial charge in [0.05, 0.1) is 11.5 Å². The molecule has 0 spiro atoms. The number of aliphatic hydroxyl groups is 1. The Morgan fingerprint density at radius 2 is 2.11 bits per heavy atom. The van der Waals surface area contributed by atoms with E-state index in [2.05, 4.69) is 13.8 Å². The van der Waals surface area contributed by atoms with Gasteiger partial charge in [-0.1, -0.05) is 13.8 Å². The number of thiophene rings is 1. The molecule has 4 nitrogen and oxygen atoms in total. The van der Waals surface area contributed by atoms with Crippen molar-refractivity contribution in [3.63, 3.8) is 0 Å². The van der Waals surface area contributed by atoms with Crippen LogP contribution in [0.3, 0.4) is 0 Å². The largest absolute Gasteiger partial charge is 0.391 e. The lowest BCUT2D eigenvalue weighted by Crippen LogP contribution is -2.31. The number of rotatable bonds is 5. The summed E-state index contributed by atoms with van der Waals surface area (Å²) in [6.07, 6.45) is 2.97. The first kappa shape index (κ1) is 15.0. The van der Waals surface area contributed by atoms with Crippen LogP contribution in [-0.2, 0) is 16.6 Å². The molecule has 1 saturated heterocycles. The van der Waals surface area contributed by atoms with Crippen LogP contribution in [0.4, 0.5) is 0 Å². The number of sulfonamides is 1. The Morgan fingerprint density at radius 3 is 2.58 bits per heavy atom.